The van der Waals surface area contributed by atoms with E-state index in [0.717, 1.165) is 33.3 Å². The monoisotopic (exact) mass is 393 g/mol. The molecular formula is C23H27N3O3. The average Bonchev–Trinajstić information content (AvgIpc) is 3.16. The van der Waals surface area contributed by atoms with Gasteiger partial charge in [0.25, 0.3) is 5.91 Å². The normalized spacial score (nSPS) is 11.3. The Kier molecular flexibility index (Phi) is 6.67. The van der Waals surface area contributed by atoms with Gasteiger partial charge in [-0.2, -0.15) is 5.10 Å². The second-order valence-electron chi connectivity index (χ2n) is 7.06. The molecule has 0 aliphatic heterocycles. The topological polar surface area (TPSA) is 66.9 Å². The molecule has 0 bridgehead atoms. The van der Waals surface area contributed by atoms with Gasteiger partial charge >= 0.3 is 0 Å². The maximum absolute atomic E-state index is 12.8. The van der Waals surface area contributed by atoms with E-state index >= 15 is 0 Å². The van der Waals surface area contributed by atoms with Crippen molar-refractivity contribution in [3.63, 3.8) is 0 Å². The zero-order chi connectivity index (χ0) is 20.8. The summed E-state index contributed by atoms with van der Waals surface area (Å²) < 4.78 is 11.0. The minimum atomic E-state index is -0.223. The van der Waals surface area contributed by atoms with Gasteiger partial charge in [0.05, 0.1) is 19.4 Å². The summed E-state index contributed by atoms with van der Waals surface area (Å²) >= 11 is 0. The summed E-state index contributed by atoms with van der Waals surface area (Å²) in [7, 11) is 1.60. The zero-order valence-electron chi connectivity index (χ0n) is 17.4. The number of H-pyrrole nitrogens is 1. The van der Waals surface area contributed by atoms with Crippen molar-refractivity contribution in [3.05, 3.63) is 64.8 Å². The van der Waals surface area contributed by atoms with Crippen molar-refractivity contribution in [3.8, 4) is 5.75 Å². The number of aromatic nitrogens is 1. The Morgan fingerprint density at radius 3 is 2.66 bits per heavy atom. The van der Waals surface area contributed by atoms with E-state index in [-0.39, 0.29) is 12.5 Å². The molecule has 0 aliphatic carbocycles. The summed E-state index contributed by atoms with van der Waals surface area (Å²) in [6.07, 6.45) is 3.59. The molecule has 6 heteroatoms. The van der Waals surface area contributed by atoms with Crippen LogP contribution in [-0.2, 0) is 9.53 Å². The van der Waals surface area contributed by atoms with Crippen LogP contribution in [-0.4, -0.2) is 49.0 Å². The van der Waals surface area contributed by atoms with Crippen LogP contribution in [0, 0.1) is 20.8 Å². The highest BCUT2D eigenvalue weighted by atomic mass is 16.5. The lowest BCUT2D eigenvalue weighted by Crippen LogP contribution is -2.33. The van der Waals surface area contributed by atoms with E-state index in [1.54, 1.807) is 13.3 Å². The lowest BCUT2D eigenvalue weighted by molar-refractivity contribution is -0.134. The highest BCUT2D eigenvalue weighted by Gasteiger charge is 2.15. The van der Waals surface area contributed by atoms with E-state index in [2.05, 4.69) is 10.1 Å². The average molecular weight is 393 g/mol. The van der Waals surface area contributed by atoms with Crippen molar-refractivity contribution < 1.29 is 14.3 Å². The Bertz CT molecular complexity index is 1000. The number of carbonyl (C=O) groups excluding carboxylic acids is 1. The van der Waals surface area contributed by atoms with Crippen LogP contribution in [0.25, 0.3) is 10.9 Å². The summed E-state index contributed by atoms with van der Waals surface area (Å²) in [4.78, 5) is 15.9. The molecular weight excluding hydrogens is 366 g/mol. The first-order chi connectivity index (χ1) is 14.0. The number of hydrogen-bond acceptors (Lipinski definition) is 4. The molecule has 0 spiro atoms. The molecule has 6 nitrogen and oxygen atoms in total. The Balaban J connectivity index is 1.74. The lowest BCUT2D eigenvalue weighted by atomic mass is 10.1. The number of hydrogen-bond donors (Lipinski definition) is 1. The molecule has 3 aromatic rings. The van der Waals surface area contributed by atoms with Gasteiger partial charge < -0.3 is 14.5 Å². The van der Waals surface area contributed by atoms with Gasteiger partial charge in [0.15, 0.2) is 6.61 Å². The maximum Gasteiger partial charge on any atom is 0.280 e. The summed E-state index contributed by atoms with van der Waals surface area (Å²) in [5, 5.41) is 6.87. The van der Waals surface area contributed by atoms with Gasteiger partial charge in [-0.25, -0.2) is 5.01 Å². The quantitative estimate of drug-likeness (QED) is 0.465. The number of aromatic amines is 1. The molecule has 0 atom stereocenters. The molecule has 29 heavy (non-hydrogen) atoms. The van der Waals surface area contributed by atoms with Crippen LogP contribution < -0.4 is 4.74 Å². The molecule has 1 N–H and O–H groups in total. The minimum absolute atomic E-state index is 0.0832. The second kappa shape index (κ2) is 9.39. The molecule has 1 amide bonds. The van der Waals surface area contributed by atoms with Gasteiger partial charge in [0.1, 0.15) is 5.75 Å². The minimum Gasteiger partial charge on any atom is -0.483 e. The summed E-state index contributed by atoms with van der Waals surface area (Å²) in [5.74, 6) is 0.524. The van der Waals surface area contributed by atoms with E-state index in [1.165, 1.54) is 10.6 Å². The van der Waals surface area contributed by atoms with Crippen LogP contribution in [0.2, 0.25) is 0 Å². The molecule has 2 aromatic carbocycles. The Labute approximate surface area is 171 Å². The van der Waals surface area contributed by atoms with E-state index in [4.69, 9.17) is 9.47 Å². The van der Waals surface area contributed by atoms with Gasteiger partial charge in [0.2, 0.25) is 0 Å². The van der Waals surface area contributed by atoms with Gasteiger partial charge in [0, 0.05) is 29.8 Å². The highest BCUT2D eigenvalue weighted by molar-refractivity contribution is 5.98. The number of aryl methyl sites for hydroxylation is 3. The maximum atomic E-state index is 12.8. The fourth-order valence-corrected chi connectivity index (χ4v) is 3.38. The second-order valence-corrected chi connectivity index (χ2v) is 7.06. The largest absolute Gasteiger partial charge is 0.483 e. The number of hydrazone groups is 1. The number of amides is 1. The number of carbonyl (C=O) groups is 1. The molecule has 1 aromatic heterocycles. The Hall–Kier alpha value is -3.12. The van der Waals surface area contributed by atoms with Crippen molar-refractivity contribution in [1.82, 2.24) is 9.99 Å². The third-order valence-electron chi connectivity index (χ3n) is 4.70. The first-order valence-corrected chi connectivity index (χ1v) is 9.59. The van der Waals surface area contributed by atoms with E-state index in [0.29, 0.717) is 13.2 Å². The van der Waals surface area contributed by atoms with E-state index in [9.17, 15) is 4.79 Å². The number of fused-ring (bicyclic) bond motifs is 1. The third-order valence-corrected chi connectivity index (χ3v) is 4.70. The molecule has 0 radical (unpaired) electrons. The standard InChI is InChI=1S/C23H27N3O3/c1-16-12-17(2)23(18(3)13-16)29-15-22(27)26(10-11-28-4)25-14-19-6-5-7-21-20(19)8-9-24-21/h5-9,12-14,24H,10-11,15H2,1-4H3/b25-14+. The first kappa shape index (κ1) is 20.6. The first-order valence-electron chi connectivity index (χ1n) is 9.59. The van der Waals surface area contributed by atoms with E-state index < -0.39 is 0 Å². The van der Waals surface area contributed by atoms with Crippen LogP contribution in [0.4, 0.5) is 0 Å². The summed E-state index contributed by atoms with van der Waals surface area (Å²) in [6, 6.07) is 12.0. The highest BCUT2D eigenvalue weighted by Crippen LogP contribution is 2.24. The van der Waals surface area contributed by atoms with Gasteiger partial charge in [-0.15, -0.1) is 0 Å². The van der Waals surface area contributed by atoms with Crippen LogP contribution >= 0.6 is 0 Å². The molecule has 152 valence electrons. The molecule has 0 fully saturated rings. The number of methoxy groups -OCH3 is 1. The van der Waals surface area contributed by atoms with Crippen LogP contribution in [0.1, 0.15) is 22.3 Å². The summed E-state index contributed by atoms with van der Waals surface area (Å²) in [5.41, 5.74) is 5.16. The van der Waals surface area contributed by atoms with Gasteiger partial charge in [-0.05, 0) is 44.0 Å². The molecule has 0 aliphatic rings. The van der Waals surface area contributed by atoms with Crippen LogP contribution in [0.3, 0.4) is 0 Å². The van der Waals surface area contributed by atoms with Crippen molar-refractivity contribution in [2.45, 2.75) is 20.8 Å². The fraction of sp³-hybridized carbons (Fsp3) is 0.304. The Morgan fingerprint density at radius 2 is 1.93 bits per heavy atom. The van der Waals surface area contributed by atoms with Crippen molar-refractivity contribution in [1.29, 1.82) is 0 Å². The van der Waals surface area contributed by atoms with Crippen LogP contribution in [0.5, 0.6) is 5.75 Å². The van der Waals surface area contributed by atoms with Crippen molar-refractivity contribution in [2.24, 2.45) is 5.10 Å². The predicted octanol–water partition coefficient (Wildman–Crippen LogP) is 3.98. The smallest absolute Gasteiger partial charge is 0.280 e. The number of rotatable bonds is 8. The van der Waals surface area contributed by atoms with Gasteiger partial charge in [-0.1, -0.05) is 29.8 Å². The molecule has 3 rings (SSSR count). The molecule has 0 saturated carbocycles. The zero-order valence-corrected chi connectivity index (χ0v) is 17.4. The van der Waals surface area contributed by atoms with Crippen molar-refractivity contribution >= 4 is 23.0 Å². The number of benzene rings is 2. The van der Waals surface area contributed by atoms with Crippen molar-refractivity contribution in [2.75, 3.05) is 26.9 Å². The molecule has 0 saturated heterocycles. The third kappa shape index (κ3) is 5.03. The van der Waals surface area contributed by atoms with Gasteiger partial charge in [-0.3, -0.25) is 4.79 Å². The fourth-order valence-electron chi connectivity index (χ4n) is 3.38. The lowest BCUT2D eigenvalue weighted by Gasteiger charge is -2.18. The molecule has 0 unspecified atom stereocenters. The number of ether oxygens (including phenoxy) is 2. The summed E-state index contributed by atoms with van der Waals surface area (Å²) in [6.45, 7) is 6.67. The Morgan fingerprint density at radius 1 is 1.17 bits per heavy atom. The van der Waals surface area contributed by atoms with Crippen LogP contribution in [0.15, 0.2) is 47.7 Å². The predicted molar refractivity (Wildman–Crippen MR) is 116 cm³/mol. The number of nitrogens with one attached hydrogen (secondary N) is 1. The SMILES string of the molecule is COCCN(/N=C/c1cccc2[nH]ccc12)C(=O)COc1c(C)cc(C)cc1C. The van der Waals surface area contributed by atoms with E-state index in [1.807, 2.05) is 63.4 Å². The molecule has 1 heterocycles. The number of nitrogens with zero attached hydrogens (tertiary/aromatic N) is 2.